The van der Waals surface area contributed by atoms with E-state index in [4.69, 9.17) is 9.47 Å². The first-order valence-corrected chi connectivity index (χ1v) is 10.3. The van der Waals surface area contributed by atoms with Crippen molar-refractivity contribution >= 4 is 14.7 Å². The molecule has 25 heavy (non-hydrogen) atoms. The van der Waals surface area contributed by atoms with Gasteiger partial charge in [-0.2, -0.15) is 0 Å². The van der Waals surface area contributed by atoms with Gasteiger partial charge in [0.15, 0.2) is 11.6 Å². The minimum Gasteiger partial charge on any atom is -0.482 e. The Morgan fingerprint density at radius 3 is 2.60 bits per heavy atom. The lowest BCUT2D eigenvalue weighted by Gasteiger charge is -2.35. The van der Waals surface area contributed by atoms with Crippen molar-refractivity contribution in [2.45, 2.75) is 25.6 Å². The van der Waals surface area contributed by atoms with Gasteiger partial charge in [0, 0.05) is 6.04 Å². The number of para-hydroxylation sites is 1. The molecule has 0 fully saturated rings. The van der Waals surface area contributed by atoms with Crippen LogP contribution >= 0.6 is 0 Å². The topological polar surface area (TPSA) is 30.5 Å². The van der Waals surface area contributed by atoms with Gasteiger partial charge in [-0.05, 0) is 49.3 Å². The van der Waals surface area contributed by atoms with Crippen molar-refractivity contribution in [2.24, 2.45) is 0 Å². The largest absolute Gasteiger partial charge is 0.482 e. The monoisotopic (exact) mass is 351 g/mol. The summed E-state index contributed by atoms with van der Waals surface area (Å²) in [6.45, 7) is 4.39. The van der Waals surface area contributed by atoms with Crippen molar-refractivity contribution in [3.05, 3.63) is 83.8 Å². The number of benzene rings is 2. The van der Waals surface area contributed by atoms with Crippen LogP contribution in [0, 0.1) is 13.8 Å². The van der Waals surface area contributed by atoms with Crippen LogP contribution in [-0.2, 0) is 4.74 Å². The van der Waals surface area contributed by atoms with Gasteiger partial charge >= 0.3 is 0 Å². The standard InChI is InChI=1S/C21H25NO2Si/c1-16-9-7-12-19(17(16)2)25-15-21(14-8-13-20(22-21)23-3)24-18-10-5-4-6-11-18/h4-14,22H,15,25H2,1-3H3. The molecular weight excluding hydrogens is 326 g/mol. The van der Waals surface area contributed by atoms with E-state index in [1.807, 2.05) is 42.5 Å². The number of hydrogen-bond acceptors (Lipinski definition) is 3. The Balaban J connectivity index is 1.83. The van der Waals surface area contributed by atoms with Gasteiger partial charge in [0.25, 0.3) is 0 Å². The molecule has 1 heterocycles. The molecule has 0 amide bonds. The number of methoxy groups -OCH3 is 1. The highest BCUT2D eigenvalue weighted by molar-refractivity contribution is 6.54. The summed E-state index contributed by atoms with van der Waals surface area (Å²) in [6, 6.07) is 17.5. The predicted molar refractivity (Wildman–Crippen MR) is 106 cm³/mol. The van der Waals surface area contributed by atoms with Crippen LogP contribution in [0.3, 0.4) is 0 Å². The molecule has 0 radical (unpaired) electrons. The number of dihydropyridines is 1. The zero-order valence-electron chi connectivity index (χ0n) is 15.1. The van der Waals surface area contributed by atoms with Gasteiger partial charge in [-0.15, -0.1) is 0 Å². The van der Waals surface area contributed by atoms with Crippen molar-refractivity contribution in [3.8, 4) is 5.75 Å². The lowest BCUT2D eigenvalue weighted by atomic mass is 10.1. The van der Waals surface area contributed by atoms with Gasteiger partial charge < -0.3 is 14.8 Å². The van der Waals surface area contributed by atoms with Crippen molar-refractivity contribution in [1.82, 2.24) is 5.32 Å². The SMILES string of the molecule is COC1=CC=CC(C[SiH2]c2cccc(C)c2C)(Oc2ccccc2)N1. The molecule has 2 aromatic rings. The van der Waals surface area contributed by atoms with Crippen molar-refractivity contribution < 1.29 is 9.47 Å². The van der Waals surface area contributed by atoms with Crippen molar-refractivity contribution in [3.63, 3.8) is 0 Å². The van der Waals surface area contributed by atoms with E-state index in [0.29, 0.717) is 0 Å². The third kappa shape index (κ3) is 4.14. The molecule has 3 nitrogen and oxygen atoms in total. The second-order valence-electron chi connectivity index (χ2n) is 6.38. The Hall–Kier alpha value is -2.46. The van der Waals surface area contributed by atoms with E-state index in [0.717, 1.165) is 17.7 Å². The molecule has 1 aliphatic rings. The van der Waals surface area contributed by atoms with E-state index in [1.165, 1.54) is 16.3 Å². The summed E-state index contributed by atoms with van der Waals surface area (Å²) in [5, 5.41) is 4.92. The van der Waals surface area contributed by atoms with Gasteiger partial charge in [0.2, 0.25) is 0 Å². The Kier molecular flexibility index (Phi) is 5.29. The Morgan fingerprint density at radius 2 is 1.84 bits per heavy atom. The number of allylic oxidation sites excluding steroid dienone is 2. The van der Waals surface area contributed by atoms with Crippen LogP contribution in [0.15, 0.2) is 72.6 Å². The van der Waals surface area contributed by atoms with E-state index in [2.05, 4.69) is 43.4 Å². The number of ether oxygens (including phenoxy) is 2. The van der Waals surface area contributed by atoms with Crippen molar-refractivity contribution in [1.29, 1.82) is 0 Å². The van der Waals surface area contributed by atoms with Crippen LogP contribution in [0.5, 0.6) is 5.75 Å². The Labute approximate surface area is 152 Å². The molecule has 0 bridgehead atoms. The molecule has 130 valence electrons. The average molecular weight is 352 g/mol. The minimum absolute atomic E-state index is 0.531. The van der Waals surface area contributed by atoms with Gasteiger partial charge in [-0.1, -0.05) is 47.7 Å². The maximum atomic E-state index is 6.38. The predicted octanol–water partition coefficient (Wildman–Crippen LogP) is 2.94. The summed E-state index contributed by atoms with van der Waals surface area (Å²) >= 11 is 0. The molecule has 0 saturated heterocycles. The fourth-order valence-corrected chi connectivity index (χ4v) is 5.05. The summed E-state index contributed by atoms with van der Waals surface area (Å²) in [5.74, 6) is 1.58. The highest BCUT2D eigenvalue weighted by Crippen LogP contribution is 2.25. The van der Waals surface area contributed by atoms with E-state index in [1.54, 1.807) is 7.11 Å². The van der Waals surface area contributed by atoms with Crippen LogP contribution in [0.4, 0.5) is 0 Å². The second-order valence-corrected chi connectivity index (χ2v) is 8.14. The van der Waals surface area contributed by atoms with Gasteiger partial charge in [-0.3, -0.25) is 0 Å². The number of rotatable bonds is 6. The van der Waals surface area contributed by atoms with E-state index < -0.39 is 15.2 Å². The lowest BCUT2D eigenvalue weighted by molar-refractivity contribution is 0.0836. The molecule has 0 saturated carbocycles. The molecule has 0 spiro atoms. The molecular formula is C21H25NO2Si. The molecule has 1 unspecified atom stereocenters. The molecule has 1 N–H and O–H groups in total. The zero-order valence-corrected chi connectivity index (χ0v) is 16.5. The fourth-order valence-electron chi connectivity index (χ4n) is 3.06. The van der Waals surface area contributed by atoms with Gasteiger partial charge in [0.05, 0.1) is 16.6 Å². The number of aryl methyl sites for hydroxylation is 1. The molecule has 0 aromatic heterocycles. The molecule has 1 aliphatic heterocycles. The van der Waals surface area contributed by atoms with E-state index >= 15 is 0 Å². The first-order valence-electron chi connectivity index (χ1n) is 8.63. The van der Waals surface area contributed by atoms with Crippen LogP contribution in [0.1, 0.15) is 11.1 Å². The normalized spacial score (nSPS) is 19.6. The second kappa shape index (κ2) is 7.62. The first kappa shape index (κ1) is 17.4. The van der Waals surface area contributed by atoms with Crippen LogP contribution < -0.4 is 15.2 Å². The average Bonchev–Trinajstić information content (AvgIpc) is 2.64. The van der Waals surface area contributed by atoms with E-state index in [-0.39, 0.29) is 0 Å². The van der Waals surface area contributed by atoms with Crippen molar-refractivity contribution in [2.75, 3.05) is 7.11 Å². The molecule has 3 rings (SSSR count). The molecule has 2 aromatic carbocycles. The third-order valence-electron chi connectivity index (χ3n) is 4.69. The van der Waals surface area contributed by atoms with Gasteiger partial charge in [-0.25, -0.2) is 0 Å². The summed E-state index contributed by atoms with van der Waals surface area (Å²) in [5.41, 5.74) is 2.20. The van der Waals surface area contributed by atoms with Crippen LogP contribution in [0.2, 0.25) is 6.04 Å². The van der Waals surface area contributed by atoms with Crippen LogP contribution in [0.25, 0.3) is 0 Å². The molecule has 4 heteroatoms. The van der Waals surface area contributed by atoms with E-state index in [9.17, 15) is 0 Å². The smallest absolute Gasteiger partial charge is 0.200 e. The highest BCUT2D eigenvalue weighted by Gasteiger charge is 2.32. The minimum atomic E-state index is -0.566. The number of nitrogens with one attached hydrogen (secondary N) is 1. The summed E-state index contributed by atoms with van der Waals surface area (Å²) in [7, 11) is 1.14. The summed E-state index contributed by atoms with van der Waals surface area (Å²) in [4.78, 5) is 0. The van der Waals surface area contributed by atoms with Gasteiger partial charge in [0.1, 0.15) is 5.75 Å². The lowest BCUT2D eigenvalue weighted by Crippen LogP contribution is -2.51. The summed E-state index contributed by atoms with van der Waals surface area (Å²) < 4.78 is 11.8. The zero-order chi connectivity index (χ0) is 17.7. The summed E-state index contributed by atoms with van der Waals surface area (Å²) in [6.07, 6.45) is 6.03. The Bertz CT molecular complexity index is 786. The quantitative estimate of drug-likeness (QED) is 0.812. The first-order chi connectivity index (χ1) is 12.1. The fraction of sp³-hybridized carbons (Fsp3) is 0.238. The third-order valence-corrected chi connectivity index (χ3v) is 6.99. The Morgan fingerprint density at radius 1 is 1.04 bits per heavy atom. The maximum Gasteiger partial charge on any atom is 0.200 e. The molecule has 0 aliphatic carbocycles. The maximum absolute atomic E-state index is 6.38. The number of hydrogen-bond donors (Lipinski definition) is 1. The highest BCUT2D eigenvalue weighted by atomic mass is 28.2. The molecule has 1 atom stereocenters. The van der Waals surface area contributed by atoms with Crippen LogP contribution in [-0.4, -0.2) is 22.4 Å².